The Morgan fingerprint density at radius 1 is 1.00 bits per heavy atom. The molecular formula is C20H29N3S. The van der Waals surface area contributed by atoms with Gasteiger partial charge in [0, 0.05) is 18.2 Å². The molecule has 2 N–H and O–H groups in total. The van der Waals surface area contributed by atoms with Gasteiger partial charge < -0.3 is 5.32 Å². The molecule has 0 saturated heterocycles. The van der Waals surface area contributed by atoms with Gasteiger partial charge in [-0.3, -0.25) is 5.43 Å². The molecule has 1 aromatic carbocycles. The third kappa shape index (κ3) is 5.04. The molecule has 0 aromatic heterocycles. The van der Waals surface area contributed by atoms with Gasteiger partial charge in [0.05, 0.1) is 0 Å². The van der Waals surface area contributed by atoms with Crippen molar-refractivity contribution in [2.45, 2.75) is 64.3 Å². The van der Waals surface area contributed by atoms with E-state index >= 15 is 0 Å². The van der Waals surface area contributed by atoms with Crippen molar-refractivity contribution in [2.75, 3.05) is 0 Å². The SMILES string of the molecule is S=C(NCc1ccccc1)NN=C1CCCC[C@H]1C1CCCCC1. The van der Waals surface area contributed by atoms with Crippen molar-refractivity contribution in [3.63, 3.8) is 0 Å². The van der Waals surface area contributed by atoms with E-state index in [1.54, 1.807) is 0 Å². The molecule has 0 radical (unpaired) electrons. The molecule has 1 aromatic rings. The molecule has 0 bridgehead atoms. The number of nitrogens with one attached hydrogen (secondary N) is 2. The van der Waals surface area contributed by atoms with Gasteiger partial charge in [-0.05, 0) is 55.8 Å². The average molecular weight is 344 g/mol. The van der Waals surface area contributed by atoms with Gasteiger partial charge in [-0.1, -0.05) is 56.0 Å². The number of hydrazone groups is 1. The first-order valence-electron chi connectivity index (χ1n) is 9.47. The van der Waals surface area contributed by atoms with Crippen LogP contribution in [-0.4, -0.2) is 10.8 Å². The summed E-state index contributed by atoms with van der Waals surface area (Å²) in [5.74, 6) is 1.54. The third-order valence-electron chi connectivity index (χ3n) is 5.44. The molecular weight excluding hydrogens is 314 g/mol. The fraction of sp³-hybridized carbons (Fsp3) is 0.600. The first-order valence-corrected chi connectivity index (χ1v) is 9.88. The van der Waals surface area contributed by atoms with Crippen LogP contribution < -0.4 is 10.7 Å². The zero-order valence-electron chi connectivity index (χ0n) is 14.5. The summed E-state index contributed by atoms with van der Waals surface area (Å²) in [6.45, 7) is 0.740. The van der Waals surface area contributed by atoms with E-state index < -0.39 is 0 Å². The van der Waals surface area contributed by atoms with Gasteiger partial charge in [0.25, 0.3) is 0 Å². The molecule has 3 nitrogen and oxygen atoms in total. The molecule has 2 saturated carbocycles. The van der Waals surface area contributed by atoms with E-state index in [0.717, 1.165) is 18.9 Å². The third-order valence-corrected chi connectivity index (χ3v) is 5.68. The maximum absolute atomic E-state index is 5.39. The van der Waals surface area contributed by atoms with Crippen LogP contribution in [0, 0.1) is 11.8 Å². The predicted molar refractivity (Wildman–Crippen MR) is 105 cm³/mol. The Hall–Kier alpha value is -1.42. The molecule has 2 fully saturated rings. The number of thiocarbonyl (C=S) groups is 1. The first kappa shape index (κ1) is 17.4. The highest BCUT2D eigenvalue weighted by molar-refractivity contribution is 7.80. The van der Waals surface area contributed by atoms with Crippen LogP contribution in [0.1, 0.15) is 63.4 Å². The molecule has 130 valence electrons. The summed E-state index contributed by atoms with van der Waals surface area (Å²) >= 11 is 5.39. The van der Waals surface area contributed by atoms with Gasteiger partial charge >= 0.3 is 0 Å². The highest BCUT2D eigenvalue weighted by Gasteiger charge is 2.29. The molecule has 4 heteroatoms. The lowest BCUT2D eigenvalue weighted by Crippen LogP contribution is -2.35. The van der Waals surface area contributed by atoms with Crippen molar-refractivity contribution >= 4 is 23.0 Å². The lowest BCUT2D eigenvalue weighted by Gasteiger charge is -2.34. The van der Waals surface area contributed by atoms with Gasteiger partial charge in [-0.2, -0.15) is 5.10 Å². The summed E-state index contributed by atoms with van der Waals surface area (Å²) in [4.78, 5) is 0. The van der Waals surface area contributed by atoms with Crippen LogP contribution in [0.5, 0.6) is 0 Å². The number of benzene rings is 1. The van der Waals surface area contributed by atoms with Crippen LogP contribution in [0.15, 0.2) is 35.4 Å². The van der Waals surface area contributed by atoms with Crippen molar-refractivity contribution in [1.29, 1.82) is 0 Å². The minimum Gasteiger partial charge on any atom is -0.357 e. The van der Waals surface area contributed by atoms with Crippen molar-refractivity contribution in [3.8, 4) is 0 Å². The lowest BCUT2D eigenvalue weighted by atomic mass is 9.72. The fourth-order valence-corrected chi connectivity index (χ4v) is 4.26. The van der Waals surface area contributed by atoms with Crippen LogP contribution >= 0.6 is 12.2 Å². The Balaban J connectivity index is 1.52. The first-order chi connectivity index (χ1) is 11.8. The topological polar surface area (TPSA) is 36.4 Å². The normalized spacial score (nSPS) is 23.8. The van der Waals surface area contributed by atoms with Crippen LogP contribution in [0.3, 0.4) is 0 Å². The molecule has 3 rings (SSSR count). The summed E-state index contributed by atoms with van der Waals surface area (Å²) in [5, 5.41) is 8.59. The Labute approximate surface area is 151 Å². The standard InChI is InChI=1S/C20H29N3S/c24-20(21-15-16-9-3-1-4-10-16)23-22-19-14-8-7-13-18(19)17-11-5-2-6-12-17/h1,3-4,9-10,17-18H,2,5-8,11-15H2,(H2,21,23,24)/t18-/m0/s1. The minimum atomic E-state index is 0.624. The summed E-state index contributed by atoms with van der Waals surface area (Å²) in [5.41, 5.74) is 5.69. The maximum Gasteiger partial charge on any atom is 0.187 e. The van der Waals surface area contributed by atoms with E-state index in [1.807, 2.05) is 18.2 Å². The lowest BCUT2D eigenvalue weighted by molar-refractivity contribution is 0.274. The number of nitrogens with zero attached hydrogens (tertiary/aromatic N) is 1. The van der Waals surface area contributed by atoms with Gasteiger partial charge in [-0.25, -0.2) is 0 Å². The molecule has 1 atom stereocenters. The molecule has 0 amide bonds. The van der Waals surface area contributed by atoms with Crippen molar-refractivity contribution in [1.82, 2.24) is 10.7 Å². The molecule has 0 aliphatic heterocycles. The van der Waals surface area contributed by atoms with Crippen molar-refractivity contribution < 1.29 is 0 Å². The second kappa shape index (κ2) is 9.16. The minimum absolute atomic E-state index is 0.624. The predicted octanol–water partition coefficient (Wildman–Crippen LogP) is 4.78. The van der Waals surface area contributed by atoms with Gasteiger partial charge in [0.15, 0.2) is 5.11 Å². The quantitative estimate of drug-likeness (QED) is 0.610. The summed E-state index contributed by atoms with van der Waals surface area (Å²) < 4.78 is 0. The molecule has 2 aliphatic carbocycles. The van der Waals surface area contributed by atoms with Crippen LogP contribution in [0.4, 0.5) is 0 Å². The Morgan fingerprint density at radius 2 is 1.75 bits per heavy atom. The van der Waals surface area contributed by atoms with E-state index in [4.69, 9.17) is 17.3 Å². The highest BCUT2D eigenvalue weighted by atomic mass is 32.1. The van der Waals surface area contributed by atoms with E-state index in [-0.39, 0.29) is 0 Å². The van der Waals surface area contributed by atoms with Gasteiger partial charge in [-0.15, -0.1) is 0 Å². The largest absolute Gasteiger partial charge is 0.357 e. The fourth-order valence-electron chi connectivity index (χ4n) is 4.15. The smallest absolute Gasteiger partial charge is 0.187 e. The summed E-state index contributed by atoms with van der Waals surface area (Å²) in [6.07, 6.45) is 12.1. The van der Waals surface area contributed by atoms with E-state index in [2.05, 4.69) is 22.9 Å². The zero-order chi connectivity index (χ0) is 16.6. The number of hydrogen-bond acceptors (Lipinski definition) is 2. The second-order valence-corrected chi connectivity index (χ2v) is 7.54. The average Bonchev–Trinajstić information content (AvgIpc) is 2.66. The van der Waals surface area contributed by atoms with E-state index in [0.29, 0.717) is 11.0 Å². The maximum atomic E-state index is 5.39. The molecule has 0 heterocycles. The van der Waals surface area contributed by atoms with E-state index in [1.165, 1.54) is 62.6 Å². The highest BCUT2D eigenvalue weighted by Crippen LogP contribution is 2.36. The molecule has 0 spiro atoms. The monoisotopic (exact) mass is 343 g/mol. The molecule has 0 unspecified atom stereocenters. The Kier molecular flexibility index (Phi) is 6.65. The second-order valence-electron chi connectivity index (χ2n) is 7.13. The van der Waals surface area contributed by atoms with Crippen LogP contribution in [0.25, 0.3) is 0 Å². The zero-order valence-corrected chi connectivity index (χ0v) is 15.3. The Bertz CT molecular complexity index is 549. The Morgan fingerprint density at radius 3 is 2.54 bits per heavy atom. The summed E-state index contributed by atoms with van der Waals surface area (Å²) in [7, 11) is 0. The van der Waals surface area contributed by atoms with Crippen molar-refractivity contribution in [2.24, 2.45) is 16.9 Å². The van der Waals surface area contributed by atoms with Crippen LogP contribution in [-0.2, 0) is 6.54 Å². The van der Waals surface area contributed by atoms with Crippen LogP contribution in [0.2, 0.25) is 0 Å². The molecule has 2 aliphatic rings. The molecule has 24 heavy (non-hydrogen) atoms. The van der Waals surface area contributed by atoms with Gasteiger partial charge in [0.1, 0.15) is 0 Å². The number of hydrogen-bond donors (Lipinski definition) is 2. The number of rotatable bonds is 4. The van der Waals surface area contributed by atoms with Crippen molar-refractivity contribution in [3.05, 3.63) is 35.9 Å². The van der Waals surface area contributed by atoms with Gasteiger partial charge in [0.2, 0.25) is 0 Å². The van der Waals surface area contributed by atoms with E-state index in [9.17, 15) is 0 Å². The summed E-state index contributed by atoms with van der Waals surface area (Å²) in [6, 6.07) is 10.3.